The molecule has 3 N–H and O–H groups in total. The number of carbonyl (C=O) groups excluding carboxylic acids is 1. The Morgan fingerprint density at radius 3 is 2.36 bits per heavy atom. The van der Waals surface area contributed by atoms with Gasteiger partial charge in [-0.2, -0.15) is 0 Å². The van der Waals surface area contributed by atoms with Gasteiger partial charge in [0.05, 0.1) is 0 Å². The average molecular weight is 200 g/mol. The van der Waals surface area contributed by atoms with Crippen molar-refractivity contribution in [3.63, 3.8) is 0 Å². The lowest BCUT2D eigenvalue weighted by molar-refractivity contribution is -0.137. The van der Waals surface area contributed by atoms with Gasteiger partial charge in [0.1, 0.15) is 6.61 Å². The fraction of sp³-hybridized carbons (Fsp3) is 0.700. The van der Waals surface area contributed by atoms with Gasteiger partial charge in [-0.05, 0) is 25.9 Å². The Morgan fingerprint density at radius 2 is 2.07 bits per heavy atom. The molecule has 1 saturated heterocycles. The Bertz CT molecular complexity index is 145. The minimum absolute atomic E-state index is 0.269. The third-order valence-electron chi connectivity index (χ3n) is 1.74. The Balaban J connectivity index is 0.000000249. The minimum Gasteiger partial charge on any atom is -0.461 e. The quantitative estimate of drug-likeness (QED) is 0.512. The van der Waals surface area contributed by atoms with Gasteiger partial charge in [0.25, 0.3) is 0 Å². The molecule has 4 nitrogen and oxygen atoms in total. The van der Waals surface area contributed by atoms with Gasteiger partial charge < -0.3 is 15.8 Å². The van der Waals surface area contributed by atoms with E-state index in [0.29, 0.717) is 6.54 Å². The lowest BCUT2D eigenvalue weighted by atomic mass is 10.2. The maximum absolute atomic E-state index is 10.2. The molecular formula is C10H20N2O2. The Labute approximate surface area is 85.5 Å². The van der Waals surface area contributed by atoms with E-state index in [2.05, 4.69) is 16.6 Å². The number of ether oxygens (including phenoxy) is 1. The summed E-state index contributed by atoms with van der Waals surface area (Å²) in [7, 11) is 0. The van der Waals surface area contributed by atoms with E-state index in [1.807, 2.05) is 0 Å². The van der Waals surface area contributed by atoms with E-state index in [-0.39, 0.29) is 6.61 Å². The molecule has 82 valence electrons. The summed E-state index contributed by atoms with van der Waals surface area (Å²) in [5.74, 6) is -0.421. The second kappa shape index (κ2) is 10.2. The SMILES string of the molecule is C1CCNCC1.C=CC(=O)OCCN. The molecule has 0 aromatic carbocycles. The molecule has 1 aliphatic heterocycles. The average Bonchev–Trinajstić information content (AvgIpc) is 2.29. The summed E-state index contributed by atoms with van der Waals surface area (Å²) in [4.78, 5) is 10.2. The Morgan fingerprint density at radius 1 is 1.43 bits per heavy atom. The summed E-state index contributed by atoms with van der Waals surface area (Å²) in [5, 5.41) is 3.28. The first-order chi connectivity index (χ1) is 6.81. The lowest BCUT2D eigenvalue weighted by Gasteiger charge is -2.08. The summed E-state index contributed by atoms with van der Waals surface area (Å²) in [6.45, 7) is 6.33. The zero-order valence-electron chi connectivity index (χ0n) is 8.63. The number of piperidine rings is 1. The highest BCUT2D eigenvalue weighted by molar-refractivity contribution is 5.81. The molecule has 1 heterocycles. The van der Waals surface area contributed by atoms with Crippen molar-refractivity contribution in [2.24, 2.45) is 5.73 Å². The van der Waals surface area contributed by atoms with E-state index in [9.17, 15) is 4.79 Å². The van der Waals surface area contributed by atoms with E-state index in [0.717, 1.165) is 6.08 Å². The number of hydrogen-bond acceptors (Lipinski definition) is 4. The monoisotopic (exact) mass is 200 g/mol. The third-order valence-corrected chi connectivity index (χ3v) is 1.74. The van der Waals surface area contributed by atoms with E-state index in [1.54, 1.807) is 0 Å². The van der Waals surface area contributed by atoms with Crippen LogP contribution in [0.3, 0.4) is 0 Å². The predicted octanol–water partition coefficient (Wildman–Crippen LogP) is 0.434. The van der Waals surface area contributed by atoms with E-state index < -0.39 is 5.97 Å². The standard InChI is InChI=1S/C5H9NO2.C5H11N/c1-2-5(7)8-4-3-6;1-2-4-6-5-3-1/h2H,1,3-4,6H2;6H,1-5H2. The Kier molecular flexibility index (Phi) is 9.58. The fourth-order valence-corrected chi connectivity index (χ4v) is 1.02. The van der Waals surface area contributed by atoms with Crippen LogP contribution in [0.5, 0.6) is 0 Å². The first-order valence-electron chi connectivity index (χ1n) is 5.01. The van der Waals surface area contributed by atoms with Crippen molar-refractivity contribution in [3.05, 3.63) is 12.7 Å². The molecule has 0 radical (unpaired) electrons. The van der Waals surface area contributed by atoms with Gasteiger partial charge in [0.2, 0.25) is 0 Å². The molecule has 14 heavy (non-hydrogen) atoms. The van der Waals surface area contributed by atoms with Crippen LogP contribution >= 0.6 is 0 Å². The molecule has 4 heteroatoms. The van der Waals surface area contributed by atoms with Crippen LogP contribution in [0.2, 0.25) is 0 Å². The lowest BCUT2D eigenvalue weighted by Crippen LogP contribution is -2.21. The zero-order valence-corrected chi connectivity index (χ0v) is 8.63. The molecule has 0 unspecified atom stereocenters. The molecular weight excluding hydrogens is 180 g/mol. The van der Waals surface area contributed by atoms with Gasteiger partial charge in [-0.3, -0.25) is 0 Å². The van der Waals surface area contributed by atoms with Crippen LogP contribution < -0.4 is 11.1 Å². The molecule has 0 saturated carbocycles. The molecule has 0 aliphatic carbocycles. The summed E-state index contributed by atoms with van der Waals surface area (Å²) in [6.07, 6.45) is 5.32. The molecule has 1 fully saturated rings. The van der Waals surface area contributed by atoms with Crippen LogP contribution in [0.15, 0.2) is 12.7 Å². The number of hydrogen-bond donors (Lipinski definition) is 2. The van der Waals surface area contributed by atoms with Crippen LogP contribution in [0.25, 0.3) is 0 Å². The molecule has 0 bridgehead atoms. The van der Waals surface area contributed by atoms with E-state index >= 15 is 0 Å². The van der Waals surface area contributed by atoms with Gasteiger partial charge in [-0.1, -0.05) is 13.0 Å². The molecule has 0 amide bonds. The number of carbonyl (C=O) groups is 1. The van der Waals surface area contributed by atoms with Crippen molar-refractivity contribution in [2.75, 3.05) is 26.2 Å². The summed E-state index contributed by atoms with van der Waals surface area (Å²) in [6, 6.07) is 0. The highest BCUT2D eigenvalue weighted by Crippen LogP contribution is 1.96. The van der Waals surface area contributed by atoms with Crippen molar-refractivity contribution in [2.45, 2.75) is 19.3 Å². The van der Waals surface area contributed by atoms with Crippen molar-refractivity contribution < 1.29 is 9.53 Å². The highest BCUT2D eigenvalue weighted by atomic mass is 16.5. The van der Waals surface area contributed by atoms with Gasteiger partial charge in [0, 0.05) is 12.6 Å². The van der Waals surface area contributed by atoms with Gasteiger partial charge in [0.15, 0.2) is 0 Å². The first kappa shape index (κ1) is 13.1. The molecule has 0 atom stereocenters. The van der Waals surface area contributed by atoms with Crippen molar-refractivity contribution in [3.8, 4) is 0 Å². The van der Waals surface area contributed by atoms with Crippen molar-refractivity contribution >= 4 is 5.97 Å². The highest BCUT2D eigenvalue weighted by Gasteiger charge is 1.93. The Hall–Kier alpha value is -0.870. The van der Waals surface area contributed by atoms with E-state index in [4.69, 9.17) is 5.73 Å². The molecule has 1 aliphatic rings. The number of esters is 1. The van der Waals surface area contributed by atoms with Gasteiger partial charge >= 0.3 is 5.97 Å². The predicted molar refractivity (Wildman–Crippen MR) is 56.9 cm³/mol. The molecule has 0 aromatic rings. The van der Waals surface area contributed by atoms with Gasteiger partial charge in [-0.25, -0.2) is 4.79 Å². The fourth-order valence-electron chi connectivity index (χ4n) is 1.02. The second-order valence-corrected chi connectivity index (χ2v) is 2.97. The maximum Gasteiger partial charge on any atom is 0.330 e. The van der Waals surface area contributed by atoms with Crippen LogP contribution in [-0.2, 0) is 9.53 Å². The smallest absolute Gasteiger partial charge is 0.330 e. The number of nitrogens with one attached hydrogen (secondary N) is 1. The van der Waals surface area contributed by atoms with Crippen LogP contribution in [0.4, 0.5) is 0 Å². The normalized spacial score (nSPS) is 14.9. The second-order valence-electron chi connectivity index (χ2n) is 2.97. The number of nitrogens with two attached hydrogens (primary N) is 1. The zero-order chi connectivity index (χ0) is 10.6. The topological polar surface area (TPSA) is 64.3 Å². The maximum atomic E-state index is 10.2. The van der Waals surface area contributed by atoms with Crippen LogP contribution in [-0.4, -0.2) is 32.2 Å². The van der Waals surface area contributed by atoms with Crippen molar-refractivity contribution in [1.29, 1.82) is 0 Å². The summed E-state index contributed by atoms with van der Waals surface area (Å²) >= 11 is 0. The third kappa shape index (κ3) is 9.22. The van der Waals surface area contributed by atoms with E-state index in [1.165, 1.54) is 32.4 Å². The van der Waals surface area contributed by atoms with Crippen LogP contribution in [0.1, 0.15) is 19.3 Å². The molecule has 0 spiro atoms. The molecule has 1 rings (SSSR count). The molecule has 0 aromatic heterocycles. The number of rotatable bonds is 3. The van der Waals surface area contributed by atoms with Gasteiger partial charge in [-0.15, -0.1) is 0 Å². The van der Waals surface area contributed by atoms with Crippen molar-refractivity contribution in [1.82, 2.24) is 5.32 Å². The summed E-state index contributed by atoms with van der Waals surface area (Å²) in [5.41, 5.74) is 5.02. The first-order valence-corrected chi connectivity index (χ1v) is 5.01. The van der Waals surface area contributed by atoms with Crippen LogP contribution in [0, 0.1) is 0 Å². The summed E-state index contributed by atoms with van der Waals surface area (Å²) < 4.78 is 4.46. The largest absolute Gasteiger partial charge is 0.461 e. The minimum atomic E-state index is -0.421.